The number of hydrogen-bond donors (Lipinski definition) is 0. The van der Waals surface area contributed by atoms with Crippen LogP contribution in [0.2, 0.25) is 0 Å². The first-order chi connectivity index (χ1) is 14.9. The minimum absolute atomic E-state index is 0.148. The van der Waals surface area contributed by atoms with Gasteiger partial charge in [0.05, 0.1) is 17.9 Å². The van der Waals surface area contributed by atoms with Crippen molar-refractivity contribution in [1.82, 2.24) is 24.6 Å². The molecule has 1 saturated heterocycles. The average molecular weight is 458 g/mol. The Hall–Kier alpha value is -1.48. The maximum atomic E-state index is 6.09. The number of ether oxygens (including phenoxy) is 1. The van der Waals surface area contributed by atoms with E-state index >= 15 is 0 Å². The fourth-order valence-corrected chi connectivity index (χ4v) is 6.80. The van der Waals surface area contributed by atoms with Gasteiger partial charge in [0.1, 0.15) is 9.86 Å². The van der Waals surface area contributed by atoms with Crippen LogP contribution in [0, 0.1) is 13.8 Å². The van der Waals surface area contributed by atoms with Crippen molar-refractivity contribution in [2.45, 2.75) is 70.6 Å². The Morgan fingerprint density at radius 1 is 1.16 bits per heavy atom. The Kier molecular flexibility index (Phi) is 5.83. The van der Waals surface area contributed by atoms with E-state index in [0.717, 1.165) is 40.0 Å². The summed E-state index contributed by atoms with van der Waals surface area (Å²) in [6.45, 7) is 12.7. The van der Waals surface area contributed by atoms with Gasteiger partial charge in [0.15, 0.2) is 0 Å². The molecule has 3 aromatic heterocycles. The smallest absolute Gasteiger partial charge is 0.253 e. The molecular weight excluding hydrogens is 426 g/mol. The van der Waals surface area contributed by atoms with E-state index < -0.39 is 0 Å². The average Bonchev–Trinajstić information content (AvgIpc) is 3.26. The third kappa shape index (κ3) is 4.40. The summed E-state index contributed by atoms with van der Waals surface area (Å²) >= 11 is 3.63. The molecule has 0 spiro atoms. The van der Waals surface area contributed by atoms with Crippen molar-refractivity contribution in [3.63, 3.8) is 0 Å². The molecule has 5 heterocycles. The van der Waals surface area contributed by atoms with Gasteiger partial charge in [-0.2, -0.15) is 10.1 Å². The van der Waals surface area contributed by atoms with Gasteiger partial charge in [0, 0.05) is 34.7 Å². The monoisotopic (exact) mass is 457 g/mol. The lowest BCUT2D eigenvalue weighted by Crippen LogP contribution is -2.31. The van der Waals surface area contributed by atoms with Crippen LogP contribution < -0.4 is 0 Å². The van der Waals surface area contributed by atoms with E-state index in [2.05, 4.69) is 36.8 Å². The molecule has 2 aliphatic rings. The first kappa shape index (κ1) is 21.4. The van der Waals surface area contributed by atoms with Gasteiger partial charge >= 0.3 is 0 Å². The Morgan fingerprint density at radius 2 is 1.97 bits per heavy atom. The molecule has 0 unspecified atom stereocenters. The van der Waals surface area contributed by atoms with Crippen LogP contribution in [0.1, 0.15) is 54.9 Å². The standard InChI is InChI=1S/C23H31N5OS2/c1-15-12-16(2)28(26-15)22-24-20(30-11-10-27-8-6-5-7-9-27)19-17-13-23(3,4)29-14-18(17)31-21(19)25-22/h12H,5-11,13-14H2,1-4H3. The van der Waals surface area contributed by atoms with Crippen molar-refractivity contribution in [1.29, 1.82) is 0 Å². The SMILES string of the molecule is Cc1cc(C)n(-c2nc(SCCN3CCCCC3)c3c4c(sc3n2)COC(C)(C)C4)n1. The Labute approximate surface area is 192 Å². The Bertz CT molecular complexity index is 1100. The minimum atomic E-state index is -0.148. The van der Waals surface area contributed by atoms with Crippen LogP contribution in [0.5, 0.6) is 0 Å². The fourth-order valence-electron chi connectivity index (χ4n) is 4.59. The van der Waals surface area contributed by atoms with Crippen molar-refractivity contribution >= 4 is 33.3 Å². The molecule has 0 bridgehead atoms. The first-order valence-electron chi connectivity index (χ1n) is 11.2. The van der Waals surface area contributed by atoms with E-state index in [-0.39, 0.29) is 5.60 Å². The lowest BCUT2D eigenvalue weighted by Gasteiger charge is -2.30. The number of piperidine rings is 1. The van der Waals surface area contributed by atoms with Gasteiger partial charge < -0.3 is 9.64 Å². The zero-order chi connectivity index (χ0) is 21.6. The molecular formula is C23H31N5OS2. The molecule has 6 nitrogen and oxygen atoms in total. The van der Waals surface area contributed by atoms with E-state index in [1.165, 1.54) is 48.2 Å². The molecule has 0 N–H and O–H groups in total. The highest BCUT2D eigenvalue weighted by atomic mass is 32.2. The number of thiophene rings is 1. The van der Waals surface area contributed by atoms with Crippen LogP contribution >= 0.6 is 23.1 Å². The molecule has 0 aromatic carbocycles. The topological polar surface area (TPSA) is 56.1 Å². The lowest BCUT2D eigenvalue weighted by atomic mass is 9.95. The number of hydrogen-bond acceptors (Lipinski definition) is 7. The summed E-state index contributed by atoms with van der Waals surface area (Å²) in [7, 11) is 0. The largest absolute Gasteiger partial charge is 0.370 e. The van der Waals surface area contributed by atoms with Crippen LogP contribution in [0.15, 0.2) is 11.1 Å². The summed E-state index contributed by atoms with van der Waals surface area (Å²) in [4.78, 5) is 15.0. The molecule has 0 atom stereocenters. The predicted octanol–water partition coefficient (Wildman–Crippen LogP) is 4.92. The molecule has 0 amide bonds. The first-order valence-corrected chi connectivity index (χ1v) is 13.0. The number of fused-ring (bicyclic) bond motifs is 3. The van der Waals surface area contributed by atoms with Crippen LogP contribution in [0.3, 0.4) is 0 Å². The maximum Gasteiger partial charge on any atom is 0.253 e. The molecule has 0 aliphatic carbocycles. The van der Waals surface area contributed by atoms with Gasteiger partial charge in [-0.1, -0.05) is 6.42 Å². The number of nitrogens with zero attached hydrogens (tertiary/aromatic N) is 5. The number of thioether (sulfide) groups is 1. The molecule has 0 saturated carbocycles. The second-order valence-corrected chi connectivity index (χ2v) is 11.5. The fraction of sp³-hybridized carbons (Fsp3) is 0.609. The summed E-state index contributed by atoms with van der Waals surface area (Å²) in [5.41, 5.74) is 3.29. The molecule has 31 heavy (non-hydrogen) atoms. The molecule has 3 aromatic rings. The van der Waals surface area contributed by atoms with Crippen molar-refractivity contribution in [2.24, 2.45) is 0 Å². The van der Waals surface area contributed by atoms with Gasteiger partial charge in [-0.05, 0) is 65.3 Å². The summed E-state index contributed by atoms with van der Waals surface area (Å²) in [5.74, 6) is 1.73. The van der Waals surface area contributed by atoms with Crippen LogP contribution in [0.25, 0.3) is 16.2 Å². The zero-order valence-corrected chi connectivity index (χ0v) is 20.5. The third-order valence-corrected chi connectivity index (χ3v) is 8.23. The Morgan fingerprint density at radius 3 is 2.71 bits per heavy atom. The van der Waals surface area contributed by atoms with Crippen molar-refractivity contribution in [3.05, 3.63) is 27.9 Å². The third-order valence-electron chi connectivity index (χ3n) is 6.18. The summed E-state index contributed by atoms with van der Waals surface area (Å²) < 4.78 is 7.97. The van der Waals surface area contributed by atoms with Crippen LogP contribution in [0.4, 0.5) is 0 Å². The second-order valence-electron chi connectivity index (χ2n) is 9.33. The van der Waals surface area contributed by atoms with Crippen LogP contribution in [-0.2, 0) is 17.8 Å². The number of aromatic nitrogens is 4. The highest BCUT2D eigenvalue weighted by molar-refractivity contribution is 7.99. The maximum absolute atomic E-state index is 6.09. The van der Waals surface area contributed by atoms with Crippen LogP contribution in [-0.4, -0.2) is 55.6 Å². The van der Waals surface area contributed by atoms with Gasteiger partial charge in [0.2, 0.25) is 0 Å². The normalized spacial score (nSPS) is 19.1. The molecule has 8 heteroatoms. The van der Waals surface area contributed by atoms with E-state index in [1.54, 1.807) is 11.3 Å². The summed E-state index contributed by atoms with van der Waals surface area (Å²) in [6.07, 6.45) is 4.95. The van der Waals surface area contributed by atoms with E-state index in [1.807, 2.05) is 23.4 Å². The molecule has 2 aliphatic heterocycles. The summed E-state index contributed by atoms with van der Waals surface area (Å²) in [6, 6.07) is 2.08. The highest BCUT2D eigenvalue weighted by Gasteiger charge is 2.31. The minimum Gasteiger partial charge on any atom is -0.370 e. The summed E-state index contributed by atoms with van der Waals surface area (Å²) in [5, 5.41) is 6.98. The zero-order valence-electron chi connectivity index (χ0n) is 18.9. The van der Waals surface area contributed by atoms with Crippen molar-refractivity contribution in [3.8, 4) is 5.95 Å². The van der Waals surface area contributed by atoms with Gasteiger partial charge in [0.25, 0.3) is 5.95 Å². The van der Waals surface area contributed by atoms with Gasteiger partial charge in [-0.25, -0.2) is 9.67 Å². The van der Waals surface area contributed by atoms with E-state index in [9.17, 15) is 0 Å². The molecule has 5 rings (SSSR count). The quantitative estimate of drug-likeness (QED) is 0.400. The van der Waals surface area contributed by atoms with Crippen molar-refractivity contribution in [2.75, 3.05) is 25.4 Å². The lowest BCUT2D eigenvalue weighted by molar-refractivity contribution is -0.0379. The highest BCUT2D eigenvalue weighted by Crippen LogP contribution is 2.42. The van der Waals surface area contributed by atoms with Gasteiger partial charge in [-0.3, -0.25) is 0 Å². The molecule has 0 radical (unpaired) electrons. The number of likely N-dealkylation sites (tertiary alicyclic amines) is 1. The number of aryl methyl sites for hydroxylation is 2. The predicted molar refractivity (Wildman–Crippen MR) is 128 cm³/mol. The molecule has 166 valence electrons. The van der Waals surface area contributed by atoms with E-state index in [4.69, 9.17) is 14.7 Å². The second kappa shape index (κ2) is 8.46. The number of rotatable bonds is 5. The Balaban J connectivity index is 1.52. The van der Waals surface area contributed by atoms with E-state index in [0.29, 0.717) is 12.6 Å². The van der Waals surface area contributed by atoms with Crippen molar-refractivity contribution < 1.29 is 4.74 Å². The van der Waals surface area contributed by atoms with Gasteiger partial charge in [-0.15, -0.1) is 23.1 Å². The molecule has 1 fully saturated rings.